The topological polar surface area (TPSA) is 49.4 Å². The smallest absolute Gasteiger partial charge is 0.225 e. The third-order valence-electron chi connectivity index (χ3n) is 3.88. The van der Waals surface area contributed by atoms with E-state index in [1.54, 1.807) is 6.92 Å². The highest BCUT2D eigenvalue weighted by Crippen LogP contribution is 2.20. The Morgan fingerprint density at radius 3 is 2.48 bits per heavy atom. The molecule has 0 saturated heterocycles. The fraction of sp³-hybridized carbons (Fsp3) is 0.765. The third-order valence-corrected chi connectivity index (χ3v) is 3.88. The Morgan fingerprint density at radius 2 is 1.95 bits per heavy atom. The van der Waals surface area contributed by atoms with Crippen LogP contribution < -0.4 is 5.32 Å². The van der Waals surface area contributed by atoms with Gasteiger partial charge in [-0.1, -0.05) is 32.4 Å². The van der Waals surface area contributed by atoms with E-state index in [-0.39, 0.29) is 17.2 Å². The molecule has 0 aromatic rings. The van der Waals surface area contributed by atoms with Crippen LogP contribution in [-0.2, 0) is 9.59 Å². The summed E-state index contributed by atoms with van der Waals surface area (Å²) in [4.78, 5) is 25.3. The third kappa shape index (κ3) is 6.78. The van der Waals surface area contributed by atoms with E-state index in [4.69, 9.17) is 0 Å². The summed E-state index contributed by atoms with van der Waals surface area (Å²) in [7, 11) is 0. The van der Waals surface area contributed by atoms with Gasteiger partial charge in [-0.25, -0.2) is 0 Å². The highest BCUT2D eigenvalue weighted by molar-refractivity contribution is 5.81. The number of hydrogen-bond acceptors (Lipinski definition) is 2. The van der Waals surface area contributed by atoms with Gasteiger partial charge >= 0.3 is 0 Å². The summed E-state index contributed by atoms with van der Waals surface area (Å²) in [5.41, 5.74) is 1.10. The van der Waals surface area contributed by atoms with Crippen LogP contribution in [-0.4, -0.2) is 36.3 Å². The SMILES string of the molecule is CC(=O)N(CCNC(=O)C(C)(C)C)CCC1=CCCCC1. The number of nitrogens with one attached hydrogen (secondary N) is 1. The van der Waals surface area contributed by atoms with Crippen molar-refractivity contribution < 1.29 is 9.59 Å². The van der Waals surface area contributed by atoms with Gasteiger partial charge in [0.15, 0.2) is 0 Å². The number of rotatable bonds is 6. The van der Waals surface area contributed by atoms with Gasteiger partial charge in [-0.05, 0) is 32.1 Å². The molecular weight excluding hydrogens is 264 g/mol. The minimum absolute atomic E-state index is 0.0287. The molecule has 120 valence electrons. The van der Waals surface area contributed by atoms with E-state index in [1.165, 1.54) is 31.3 Å². The predicted molar refractivity (Wildman–Crippen MR) is 85.9 cm³/mol. The molecule has 0 radical (unpaired) electrons. The molecule has 1 aliphatic carbocycles. The van der Waals surface area contributed by atoms with Crippen molar-refractivity contribution in [2.24, 2.45) is 5.41 Å². The first kappa shape index (κ1) is 17.7. The molecule has 21 heavy (non-hydrogen) atoms. The van der Waals surface area contributed by atoms with Gasteiger partial charge in [0.25, 0.3) is 0 Å². The molecule has 4 heteroatoms. The molecule has 1 rings (SSSR count). The van der Waals surface area contributed by atoms with Gasteiger partial charge < -0.3 is 10.2 Å². The van der Waals surface area contributed by atoms with Crippen LogP contribution in [0.4, 0.5) is 0 Å². The Bertz CT molecular complexity index is 394. The molecule has 0 aromatic heterocycles. The molecule has 0 fully saturated rings. The average molecular weight is 294 g/mol. The summed E-state index contributed by atoms with van der Waals surface area (Å²) in [6.45, 7) is 9.13. The van der Waals surface area contributed by atoms with E-state index in [9.17, 15) is 9.59 Å². The Labute approximate surface area is 129 Å². The molecule has 4 nitrogen and oxygen atoms in total. The van der Waals surface area contributed by atoms with E-state index in [2.05, 4.69) is 11.4 Å². The molecule has 0 heterocycles. The first-order valence-electron chi connectivity index (χ1n) is 8.02. The summed E-state index contributed by atoms with van der Waals surface area (Å²) in [6, 6.07) is 0. The normalized spacial score (nSPS) is 15.3. The van der Waals surface area contributed by atoms with Crippen molar-refractivity contribution in [2.75, 3.05) is 19.6 Å². The lowest BCUT2D eigenvalue weighted by molar-refractivity contribution is -0.131. The number of carbonyl (C=O) groups excluding carboxylic acids is 2. The molecule has 0 bridgehead atoms. The Kier molecular flexibility index (Phi) is 6.93. The van der Waals surface area contributed by atoms with Crippen LogP contribution in [0.3, 0.4) is 0 Å². The molecule has 0 saturated carbocycles. The van der Waals surface area contributed by atoms with E-state index < -0.39 is 0 Å². The Balaban J connectivity index is 2.35. The largest absolute Gasteiger partial charge is 0.354 e. The lowest BCUT2D eigenvalue weighted by Gasteiger charge is -2.24. The van der Waals surface area contributed by atoms with Gasteiger partial charge in [-0.2, -0.15) is 0 Å². The summed E-state index contributed by atoms with van der Waals surface area (Å²) >= 11 is 0. The maximum atomic E-state index is 11.8. The average Bonchev–Trinajstić information content (AvgIpc) is 2.42. The van der Waals surface area contributed by atoms with Gasteiger partial charge in [0, 0.05) is 32.0 Å². The van der Waals surface area contributed by atoms with Gasteiger partial charge in [-0.3, -0.25) is 9.59 Å². The molecule has 0 spiro atoms. The summed E-state index contributed by atoms with van der Waals surface area (Å²) in [6.07, 6.45) is 8.20. The fourth-order valence-electron chi connectivity index (χ4n) is 2.41. The number of hydrogen-bond donors (Lipinski definition) is 1. The zero-order valence-corrected chi connectivity index (χ0v) is 14.0. The predicted octanol–water partition coefficient (Wildman–Crippen LogP) is 2.89. The van der Waals surface area contributed by atoms with Crippen LogP contribution in [0.25, 0.3) is 0 Å². The van der Waals surface area contributed by atoms with Crippen LogP contribution in [0.5, 0.6) is 0 Å². The van der Waals surface area contributed by atoms with Crippen LogP contribution >= 0.6 is 0 Å². The van der Waals surface area contributed by atoms with E-state index >= 15 is 0 Å². The monoisotopic (exact) mass is 294 g/mol. The van der Waals surface area contributed by atoms with Crippen molar-refractivity contribution in [1.29, 1.82) is 0 Å². The number of carbonyl (C=O) groups is 2. The maximum Gasteiger partial charge on any atom is 0.225 e. The first-order valence-corrected chi connectivity index (χ1v) is 8.02. The van der Waals surface area contributed by atoms with Gasteiger partial charge in [0.2, 0.25) is 11.8 Å². The van der Waals surface area contributed by atoms with Crippen molar-refractivity contribution in [2.45, 2.75) is 59.8 Å². The number of nitrogens with zero attached hydrogens (tertiary/aromatic N) is 1. The standard InChI is InChI=1S/C17H30N2O2/c1-14(20)19(12-10-15-8-6-5-7-9-15)13-11-18-16(21)17(2,3)4/h8H,5-7,9-13H2,1-4H3,(H,18,21). The lowest BCUT2D eigenvalue weighted by Crippen LogP contribution is -2.41. The van der Waals surface area contributed by atoms with Gasteiger partial charge in [0.05, 0.1) is 0 Å². The van der Waals surface area contributed by atoms with Crippen LogP contribution in [0.2, 0.25) is 0 Å². The zero-order valence-electron chi connectivity index (χ0n) is 14.0. The maximum absolute atomic E-state index is 11.8. The van der Waals surface area contributed by atoms with Crippen LogP contribution in [0, 0.1) is 5.41 Å². The second-order valence-electron chi connectivity index (χ2n) is 6.87. The lowest BCUT2D eigenvalue weighted by atomic mass is 9.96. The molecular formula is C17H30N2O2. The van der Waals surface area contributed by atoms with Crippen molar-refractivity contribution in [3.05, 3.63) is 11.6 Å². The minimum atomic E-state index is -0.381. The van der Waals surface area contributed by atoms with E-state index in [0.717, 1.165) is 13.0 Å². The fourth-order valence-corrected chi connectivity index (χ4v) is 2.41. The molecule has 0 aromatic carbocycles. The Hall–Kier alpha value is -1.32. The van der Waals surface area contributed by atoms with E-state index in [0.29, 0.717) is 13.1 Å². The van der Waals surface area contributed by atoms with Crippen molar-refractivity contribution in [3.8, 4) is 0 Å². The molecule has 0 aliphatic heterocycles. The highest BCUT2D eigenvalue weighted by Gasteiger charge is 2.20. The summed E-state index contributed by atoms with van der Waals surface area (Å²) < 4.78 is 0. The van der Waals surface area contributed by atoms with Crippen molar-refractivity contribution in [1.82, 2.24) is 10.2 Å². The zero-order chi connectivity index (χ0) is 15.9. The van der Waals surface area contributed by atoms with Gasteiger partial charge in [-0.15, -0.1) is 0 Å². The molecule has 2 amide bonds. The van der Waals surface area contributed by atoms with Gasteiger partial charge in [0.1, 0.15) is 0 Å². The highest BCUT2D eigenvalue weighted by atomic mass is 16.2. The van der Waals surface area contributed by atoms with E-state index in [1.807, 2.05) is 25.7 Å². The molecule has 1 aliphatic rings. The first-order chi connectivity index (χ1) is 9.80. The van der Waals surface area contributed by atoms with Crippen molar-refractivity contribution >= 4 is 11.8 Å². The summed E-state index contributed by atoms with van der Waals surface area (Å²) in [5, 5.41) is 2.90. The number of amides is 2. The molecule has 1 N–H and O–H groups in total. The molecule has 0 atom stereocenters. The van der Waals surface area contributed by atoms with Crippen LogP contribution in [0.15, 0.2) is 11.6 Å². The molecule has 0 unspecified atom stereocenters. The number of allylic oxidation sites excluding steroid dienone is 1. The second kappa shape index (κ2) is 8.20. The van der Waals surface area contributed by atoms with Crippen LogP contribution in [0.1, 0.15) is 59.8 Å². The quantitative estimate of drug-likeness (QED) is 0.766. The Morgan fingerprint density at radius 1 is 1.24 bits per heavy atom. The second-order valence-corrected chi connectivity index (χ2v) is 6.87. The van der Waals surface area contributed by atoms with Crippen molar-refractivity contribution in [3.63, 3.8) is 0 Å². The summed E-state index contributed by atoms with van der Waals surface area (Å²) in [5.74, 6) is 0.109. The minimum Gasteiger partial charge on any atom is -0.354 e.